The van der Waals surface area contributed by atoms with Gasteiger partial charge in [0.1, 0.15) is 11.4 Å². The van der Waals surface area contributed by atoms with Crippen molar-refractivity contribution in [1.82, 2.24) is 9.47 Å². The van der Waals surface area contributed by atoms with E-state index in [1.807, 2.05) is 6.92 Å². The van der Waals surface area contributed by atoms with E-state index in [1.165, 1.54) is 19.1 Å². The van der Waals surface area contributed by atoms with Gasteiger partial charge >= 0.3 is 5.97 Å². The van der Waals surface area contributed by atoms with Crippen molar-refractivity contribution in [2.45, 2.75) is 27.3 Å². The van der Waals surface area contributed by atoms with E-state index in [1.54, 1.807) is 48.8 Å². The number of hydrogen-bond donors (Lipinski definition) is 0. The van der Waals surface area contributed by atoms with Gasteiger partial charge in [-0.2, -0.15) is 0 Å². The highest BCUT2D eigenvalue weighted by Crippen LogP contribution is 2.24. The van der Waals surface area contributed by atoms with Crippen LogP contribution < -0.4 is 4.74 Å². The summed E-state index contributed by atoms with van der Waals surface area (Å²) in [6.45, 7) is 9.68. The van der Waals surface area contributed by atoms with Crippen molar-refractivity contribution in [3.05, 3.63) is 65.0 Å². The maximum Gasteiger partial charge on any atom is 0.354 e. The van der Waals surface area contributed by atoms with Gasteiger partial charge in [0, 0.05) is 29.9 Å². The Morgan fingerprint density at radius 2 is 1.90 bits per heavy atom. The van der Waals surface area contributed by atoms with Gasteiger partial charge in [0.25, 0.3) is 5.91 Å². The van der Waals surface area contributed by atoms with Crippen LogP contribution in [0.3, 0.4) is 0 Å². The van der Waals surface area contributed by atoms with Gasteiger partial charge in [0.2, 0.25) is 0 Å². The molecule has 0 unspecified atom stereocenters. The molecule has 0 aliphatic rings. The van der Waals surface area contributed by atoms with Crippen molar-refractivity contribution >= 4 is 17.7 Å². The number of Topliss-reactive ketones (excluding diaryl/α,β-unsaturated/α-hetero) is 1. The van der Waals surface area contributed by atoms with Crippen LogP contribution in [0.1, 0.15) is 49.4 Å². The number of carbonyl (C=O) groups is 3. The summed E-state index contributed by atoms with van der Waals surface area (Å²) in [5.41, 5.74) is 2.44. The second-order valence-corrected chi connectivity index (χ2v) is 6.80. The zero-order valence-electron chi connectivity index (χ0n) is 18.2. The highest BCUT2D eigenvalue weighted by Gasteiger charge is 2.28. The lowest BCUT2D eigenvalue weighted by molar-refractivity contribution is 0.0587. The van der Waals surface area contributed by atoms with E-state index in [2.05, 4.69) is 6.58 Å². The third-order valence-electron chi connectivity index (χ3n) is 5.03. The quantitative estimate of drug-likeness (QED) is 0.358. The predicted octanol–water partition coefficient (Wildman–Crippen LogP) is 3.43. The van der Waals surface area contributed by atoms with Gasteiger partial charge in [-0.1, -0.05) is 12.1 Å². The Morgan fingerprint density at radius 3 is 2.47 bits per heavy atom. The molecule has 30 heavy (non-hydrogen) atoms. The molecule has 1 aromatic heterocycles. The first-order valence-electron chi connectivity index (χ1n) is 9.66. The van der Waals surface area contributed by atoms with Crippen molar-refractivity contribution in [3.63, 3.8) is 0 Å². The number of carbonyl (C=O) groups excluding carboxylic acids is 3. The Kier molecular flexibility index (Phi) is 7.58. The second-order valence-electron chi connectivity index (χ2n) is 6.80. The monoisotopic (exact) mass is 412 g/mol. The first-order chi connectivity index (χ1) is 14.3. The fraction of sp³-hybridized carbons (Fsp3) is 0.348. The molecule has 0 aliphatic carbocycles. The molecule has 160 valence electrons. The lowest BCUT2D eigenvalue weighted by Crippen LogP contribution is -2.36. The SMILES string of the molecule is C=CCN(CC(=O)c1c(C)c(C(=O)OC)n(CC)c1C)C(=O)c1cccc(OC)c1. The van der Waals surface area contributed by atoms with Crippen molar-refractivity contribution < 1.29 is 23.9 Å². The Labute approximate surface area is 176 Å². The van der Waals surface area contributed by atoms with Crippen LogP contribution in [-0.2, 0) is 11.3 Å². The molecule has 0 saturated carbocycles. The average Bonchev–Trinajstić information content (AvgIpc) is 3.01. The minimum absolute atomic E-state index is 0.141. The van der Waals surface area contributed by atoms with Crippen LogP contribution >= 0.6 is 0 Å². The number of ether oxygens (including phenoxy) is 2. The number of ketones is 1. The molecular weight excluding hydrogens is 384 g/mol. The summed E-state index contributed by atoms with van der Waals surface area (Å²) in [4.78, 5) is 39.9. The number of benzene rings is 1. The topological polar surface area (TPSA) is 77.8 Å². The smallest absolute Gasteiger partial charge is 0.354 e. The summed E-state index contributed by atoms with van der Waals surface area (Å²) in [6.07, 6.45) is 1.57. The van der Waals surface area contributed by atoms with Crippen LogP contribution in [0.25, 0.3) is 0 Å². The molecule has 0 aliphatic heterocycles. The molecule has 0 atom stereocenters. The number of esters is 1. The van der Waals surface area contributed by atoms with Crippen LogP contribution in [-0.4, -0.2) is 54.4 Å². The second kappa shape index (κ2) is 9.91. The van der Waals surface area contributed by atoms with E-state index in [9.17, 15) is 14.4 Å². The summed E-state index contributed by atoms with van der Waals surface area (Å²) in [5.74, 6) is -0.493. The molecule has 1 amide bonds. The van der Waals surface area contributed by atoms with E-state index in [0.29, 0.717) is 40.4 Å². The van der Waals surface area contributed by atoms with Crippen LogP contribution in [0.4, 0.5) is 0 Å². The third kappa shape index (κ3) is 4.45. The number of hydrogen-bond acceptors (Lipinski definition) is 5. The van der Waals surface area contributed by atoms with Gasteiger partial charge in [0.05, 0.1) is 20.8 Å². The maximum atomic E-state index is 13.2. The molecule has 0 N–H and O–H groups in total. The van der Waals surface area contributed by atoms with Crippen molar-refractivity contribution in [2.24, 2.45) is 0 Å². The number of rotatable bonds is 9. The number of amides is 1. The predicted molar refractivity (Wildman–Crippen MR) is 114 cm³/mol. The molecule has 0 bridgehead atoms. The lowest BCUT2D eigenvalue weighted by atomic mass is 10.0. The third-order valence-corrected chi connectivity index (χ3v) is 5.03. The summed E-state index contributed by atoms with van der Waals surface area (Å²) in [5, 5.41) is 0. The van der Waals surface area contributed by atoms with Crippen molar-refractivity contribution in [3.8, 4) is 5.75 Å². The molecule has 7 nitrogen and oxygen atoms in total. The van der Waals surface area contributed by atoms with Gasteiger partial charge in [0.15, 0.2) is 5.78 Å². The van der Waals surface area contributed by atoms with E-state index in [0.717, 1.165) is 0 Å². The highest BCUT2D eigenvalue weighted by molar-refractivity contribution is 6.06. The Balaban J connectivity index is 2.40. The maximum absolute atomic E-state index is 13.2. The Morgan fingerprint density at radius 1 is 1.20 bits per heavy atom. The first-order valence-corrected chi connectivity index (χ1v) is 9.66. The molecule has 2 rings (SSSR count). The zero-order chi connectivity index (χ0) is 22.4. The van der Waals surface area contributed by atoms with Crippen LogP contribution in [0.5, 0.6) is 5.75 Å². The number of nitrogens with zero attached hydrogens (tertiary/aromatic N) is 2. The average molecular weight is 412 g/mol. The van der Waals surface area contributed by atoms with Crippen LogP contribution in [0, 0.1) is 13.8 Å². The minimum Gasteiger partial charge on any atom is -0.497 e. The molecule has 0 fully saturated rings. The standard InChI is InChI=1S/C23H28N2O5/c1-7-12-24(22(27)17-10-9-11-18(13-17)29-5)14-19(26)20-15(3)21(23(28)30-6)25(8-2)16(20)4/h7,9-11,13H,1,8,12,14H2,2-6H3. The molecule has 1 aromatic carbocycles. The molecule has 2 aromatic rings. The molecule has 0 spiro atoms. The van der Waals surface area contributed by atoms with Gasteiger partial charge in [-0.3, -0.25) is 9.59 Å². The van der Waals surface area contributed by atoms with Crippen LogP contribution in [0.2, 0.25) is 0 Å². The van der Waals surface area contributed by atoms with E-state index in [4.69, 9.17) is 9.47 Å². The highest BCUT2D eigenvalue weighted by atomic mass is 16.5. The molecule has 0 saturated heterocycles. The molecule has 1 heterocycles. The zero-order valence-corrected chi connectivity index (χ0v) is 18.2. The van der Waals surface area contributed by atoms with E-state index >= 15 is 0 Å². The van der Waals surface area contributed by atoms with Gasteiger partial charge in [-0.05, 0) is 44.5 Å². The summed E-state index contributed by atoms with van der Waals surface area (Å²) >= 11 is 0. The summed E-state index contributed by atoms with van der Waals surface area (Å²) in [6, 6.07) is 6.76. The summed E-state index contributed by atoms with van der Waals surface area (Å²) < 4.78 is 11.8. The number of aromatic nitrogens is 1. The fourth-order valence-electron chi connectivity index (χ4n) is 3.63. The lowest BCUT2D eigenvalue weighted by Gasteiger charge is -2.21. The number of methoxy groups -OCH3 is 2. The van der Waals surface area contributed by atoms with Crippen molar-refractivity contribution in [2.75, 3.05) is 27.3 Å². The van der Waals surface area contributed by atoms with Crippen molar-refractivity contribution in [1.29, 1.82) is 0 Å². The minimum atomic E-state index is -0.494. The molecular formula is C23H28N2O5. The Hall–Kier alpha value is -3.35. The largest absolute Gasteiger partial charge is 0.497 e. The Bertz CT molecular complexity index is 974. The van der Waals surface area contributed by atoms with Gasteiger partial charge in [-0.25, -0.2) is 4.79 Å². The van der Waals surface area contributed by atoms with E-state index < -0.39 is 5.97 Å². The molecule has 7 heteroatoms. The normalized spacial score (nSPS) is 10.4. The van der Waals surface area contributed by atoms with Crippen LogP contribution in [0.15, 0.2) is 36.9 Å². The first kappa shape index (κ1) is 22.9. The summed E-state index contributed by atoms with van der Waals surface area (Å²) in [7, 11) is 2.83. The fourth-order valence-corrected chi connectivity index (χ4v) is 3.63. The van der Waals surface area contributed by atoms with E-state index in [-0.39, 0.29) is 24.8 Å². The van der Waals surface area contributed by atoms with Gasteiger partial charge in [-0.15, -0.1) is 6.58 Å². The van der Waals surface area contributed by atoms with Gasteiger partial charge < -0.3 is 18.9 Å². The molecule has 0 radical (unpaired) electrons.